The van der Waals surface area contributed by atoms with Crippen LogP contribution in [0.1, 0.15) is 33.1 Å². The number of carbonyl (C=O) groups is 1. The van der Waals surface area contributed by atoms with Gasteiger partial charge >= 0.3 is 5.97 Å². The van der Waals surface area contributed by atoms with Crippen molar-refractivity contribution >= 4 is 5.97 Å². The summed E-state index contributed by atoms with van der Waals surface area (Å²) in [7, 11) is 0. The molecule has 0 aromatic heterocycles. The first-order valence-corrected chi connectivity index (χ1v) is 7.73. The fraction of sp³-hybridized carbons (Fsp3) is 0.933. The van der Waals surface area contributed by atoms with Gasteiger partial charge in [-0.2, -0.15) is 0 Å². The molecule has 0 aliphatic carbocycles. The maximum Gasteiger partial charge on any atom is 0.308 e. The van der Waals surface area contributed by atoms with Crippen LogP contribution in [0.15, 0.2) is 0 Å². The van der Waals surface area contributed by atoms with Crippen LogP contribution in [-0.4, -0.2) is 63.9 Å². The molecule has 0 saturated heterocycles. The molecule has 0 fully saturated rings. The van der Waals surface area contributed by atoms with Crippen molar-refractivity contribution in [2.75, 3.05) is 52.9 Å². The zero-order valence-corrected chi connectivity index (χ0v) is 13.3. The molecular weight excluding hydrogens is 276 g/mol. The predicted octanol–water partition coefficient (Wildman–Crippen LogP) is 1.40. The zero-order valence-electron chi connectivity index (χ0n) is 13.3. The summed E-state index contributed by atoms with van der Waals surface area (Å²) in [6, 6.07) is 0. The van der Waals surface area contributed by atoms with Gasteiger partial charge < -0.3 is 24.1 Å². The largest absolute Gasteiger partial charge is 0.463 e. The van der Waals surface area contributed by atoms with Gasteiger partial charge in [0.2, 0.25) is 0 Å². The van der Waals surface area contributed by atoms with E-state index in [9.17, 15) is 4.79 Å². The van der Waals surface area contributed by atoms with Gasteiger partial charge in [0.15, 0.2) is 0 Å². The first kappa shape index (κ1) is 20.3. The lowest BCUT2D eigenvalue weighted by Crippen LogP contribution is -2.18. The Hall–Kier alpha value is -0.690. The number of aliphatic hydroxyl groups is 1. The molecule has 1 N–H and O–H groups in total. The molecule has 0 radical (unpaired) electrons. The monoisotopic (exact) mass is 306 g/mol. The molecular formula is C15H30O6. The fourth-order valence-corrected chi connectivity index (χ4v) is 1.58. The second-order valence-corrected chi connectivity index (χ2v) is 4.77. The van der Waals surface area contributed by atoms with E-state index in [0.717, 1.165) is 19.3 Å². The number of rotatable bonds is 15. The summed E-state index contributed by atoms with van der Waals surface area (Å²) < 4.78 is 20.7. The maximum atomic E-state index is 11.6. The van der Waals surface area contributed by atoms with E-state index in [1.54, 1.807) is 0 Å². The van der Waals surface area contributed by atoms with E-state index in [1.807, 2.05) is 6.92 Å². The molecule has 0 spiro atoms. The van der Waals surface area contributed by atoms with Crippen LogP contribution in [0.4, 0.5) is 0 Å². The van der Waals surface area contributed by atoms with Gasteiger partial charge in [0.1, 0.15) is 6.61 Å². The van der Waals surface area contributed by atoms with E-state index in [1.165, 1.54) is 0 Å². The summed E-state index contributed by atoms with van der Waals surface area (Å²) in [5, 5.41) is 8.48. The van der Waals surface area contributed by atoms with Crippen molar-refractivity contribution in [1.82, 2.24) is 0 Å². The predicted molar refractivity (Wildman–Crippen MR) is 79.2 cm³/mol. The van der Waals surface area contributed by atoms with Crippen LogP contribution in [0.2, 0.25) is 0 Å². The third-order valence-electron chi connectivity index (χ3n) is 2.84. The summed E-state index contributed by atoms with van der Waals surface area (Å²) in [5.41, 5.74) is 0. The highest BCUT2D eigenvalue weighted by molar-refractivity contribution is 5.71. The summed E-state index contributed by atoms with van der Waals surface area (Å²) >= 11 is 0. The Morgan fingerprint density at radius 1 is 0.952 bits per heavy atom. The topological polar surface area (TPSA) is 74.2 Å². The molecule has 0 heterocycles. The van der Waals surface area contributed by atoms with E-state index in [2.05, 4.69) is 6.92 Å². The van der Waals surface area contributed by atoms with Crippen LogP contribution in [0.5, 0.6) is 0 Å². The SMILES string of the molecule is CCCCC(C)C(=O)OCCOCCOCCOCCO. The average molecular weight is 306 g/mol. The molecule has 1 unspecified atom stereocenters. The number of unbranched alkanes of at least 4 members (excludes halogenated alkanes) is 1. The second kappa shape index (κ2) is 15.7. The third-order valence-corrected chi connectivity index (χ3v) is 2.84. The molecule has 6 nitrogen and oxygen atoms in total. The van der Waals surface area contributed by atoms with Crippen molar-refractivity contribution in [3.8, 4) is 0 Å². The van der Waals surface area contributed by atoms with Crippen LogP contribution < -0.4 is 0 Å². The van der Waals surface area contributed by atoms with Crippen molar-refractivity contribution < 1.29 is 28.8 Å². The minimum atomic E-state index is -0.149. The van der Waals surface area contributed by atoms with Gasteiger partial charge in [-0.3, -0.25) is 4.79 Å². The molecule has 0 aliphatic rings. The van der Waals surface area contributed by atoms with E-state index in [0.29, 0.717) is 39.6 Å². The van der Waals surface area contributed by atoms with Gasteiger partial charge in [0.25, 0.3) is 0 Å². The number of hydrogen-bond donors (Lipinski definition) is 1. The maximum absolute atomic E-state index is 11.6. The van der Waals surface area contributed by atoms with E-state index in [4.69, 9.17) is 24.1 Å². The smallest absolute Gasteiger partial charge is 0.308 e. The van der Waals surface area contributed by atoms with E-state index < -0.39 is 0 Å². The summed E-state index contributed by atoms with van der Waals surface area (Å²) in [5.74, 6) is -0.184. The molecule has 126 valence electrons. The van der Waals surface area contributed by atoms with Crippen LogP contribution in [-0.2, 0) is 23.7 Å². The van der Waals surface area contributed by atoms with Crippen molar-refractivity contribution in [2.24, 2.45) is 5.92 Å². The highest BCUT2D eigenvalue weighted by Gasteiger charge is 2.13. The number of carbonyl (C=O) groups excluding carboxylic acids is 1. The third kappa shape index (κ3) is 14.0. The minimum Gasteiger partial charge on any atom is -0.463 e. The fourth-order valence-electron chi connectivity index (χ4n) is 1.58. The molecule has 0 bridgehead atoms. The Morgan fingerprint density at radius 2 is 1.48 bits per heavy atom. The Balaban J connectivity index is 3.23. The van der Waals surface area contributed by atoms with Crippen LogP contribution in [0.3, 0.4) is 0 Å². The molecule has 21 heavy (non-hydrogen) atoms. The quantitative estimate of drug-likeness (QED) is 0.364. The standard InChI is InChI=1S/C15H30O6/c1-3-4-5-14(2)15(17)21-13-12-20-11-10-19-9-8-18-7-6-16/h14,16H,3-13H2,1-2H3. The molecule has 0 aliphatic heterocycles. The van der Waals surface area contributed by atoms with Crippen molar-refractivity contribution in [2.45, 2.75) is 33.1 Å². The Morgan fingerprint density at radius 3 is 2.00 bits per heavy atom. The average Bonchev–Trinajstić information content (AvgIpc) is 2.49. The normalized spacial score (nSPS) is 12.3. The number of hydrogen-bond acceptors (Lipinski definition) is 6. The number of ether oxygens (including phenoxy) is 4. The summed E-state index contributed by atoms with van der Waals surface area (Å²) in [6.07, 6.45) is 3.01. The lowest BCUT2D eigenvalue weighted by atomic mass is 10.1. The van der Waals surface area contributed by atoms with Crippen LogP contribution in [0.25, 0.3) is 0 Å². The van der Waals surface area contributed by atoms with Crippen molar-refractivity contribution in [1.29, 1.82) is 0 Å². The molecule has 0 saturated carbocycles. The van der Waals surface area contributed by atoms with Gasteiger partial charge in [-0.25, -0.2) is 0 Å². The highest BCUT2D eigenvalue weighted by Crippen LogP contribution is 2.09. The van der Waals surface area contributed by atoms with Crippen LogP contribution >= 0.6 is 0 Å². The Kier molecular flexibility index (Phi) is 15.2. The van der Waals surface area contributed by atoms with Gasteiger partial charge in [0, 0.05) is 0 Å². The van der Waals surface area contributed by atoms with Gasteiger partial charge in [-0.15, -0.1) is 0 Å². The highest BCUT2D eigenvalue weighted by atomic mass is 16.6. The summed E-state index contributed by atoms with van der Waals surface area (Å²) in [6.45, 7) is 6.91. The van der Waals surface area contributed by atoms with Crippen LogP contribution in [0, 0.1) is 5.92 Å². The molecule has 0 rings (SSSR count). The molecule has 6 heteroatoms. The molecule has 0 aromatic carbocycles. The van der Waals surface area contributed by atoms with Crippen molar-refractivity contribution in [3.05, 3.63) is 0 Å². The molecule has 0 amide bonds. The summed E-state index contributed by atoms with van der Waals surface area (Å²) in [4.78, 5) is 11.6. The van der Waals surface area contributed by atoms with Crippen molar-refractivity contribution in [3.63, 3.8) is 0 Å². The number of aliphatic hydroxyl groups excluding tert-OH is 1. The lowest BCUT2D eigenvalue weighted by molar-refractivity contribution is -0.149. The molecule has 1 atom stereocenters. The number of esters is 1. The molecule has 0 aromatic rings. The Labute approximate surface area is 127 Å². The van der Waals surface area contributed by atoms with Gasteiger partial charge in [-0.05, 0) is 6.42 Å². The second-order valence-electron chi connectivity index (χ2n) is 4.77. The zero-order chi connectivity index (χ0) is 15.8. The first-order valence-electron chi connectivity index (χ1n) is 7.73. The van der Waals surface area contributed by atoms with Gasteiger partial charge in [-0.1, -0.05) is 26.7 Å². The Bertz CT molecular complexity index is 234. The lowest BCUT2D eigenvalue weighted by Gasteiger charge is -2.11. The van der Waals surface area contributed by atoms with E-state index in [-0.39, 0.29) is 25.1 Å². The van der Waals surface area contributed by atoms with Gasteiger partial charge in [0.05, 0.1) is 52.2 Å². The minimum absolute atomic E-state index is 0.0267. The first-order chi connectivity index (χ1) is 10.2. The van der Waals surface area contributed by atoms with E-state index >= 15 is 0 Å².